The first-order valence-electron chi connectivity index (χ1n) is 27.4. The Kier molecular flexibility index (Phi) is 33.2. The molecule has 0 atom stereocenters. The second-order valence-electron chi connectivity index (χ2n) is 18.1. The minimum atomic E-state index is 0.665. The highest BCUT2D eigenvalue weighted by molar-refractivity contribution is 5.74. The van der Waals surface area contributed by atoms with Crippen molar-refractivity contribution in [1.82, 2.24) is 210 Å². The molecule has 0 aliphatic rings. The molecule has 16 aromatic rings. The molecule has 0 N–H and O–H groups in total. The summed E-state index contributed by atoms with van der Waals surface area (Å²) in [4.78, 5) is 14.8. The van der Waals surface area contributed by atoms with Crippen LogP contribution in [0.2, 0.25) is 0 Å². The number of nitrogens with zero attached hydrogens (tertiary/aromatic N) is 42. The first-order valence-corrected chi connectivity index (χ1v) is 27.4. The highest BCUT2D eigenvalue weighted by Gasteiger charge is 2.01. The molecular weight excluding hydrogens is 1210 g/mol. The minimum absolute atomic E-state index is 0.665. The summed E-state index contributed by atoms with van der Waals surface area (Å²) < 4.78 is 13.6. The van der Waals surface area contributed by atoms with E-state index in [1.54, 1.807) is 144 Å². The zero-order valence-corrected chi connectivity index (χ0v) is 54.5. The van der Waals surface area contributed by atoms with Crippen molar-refractivity contribution in [2.75, 3.05) is 0 Å². The number of aromatic nitrogens is 42. The van der Waals surface area contributed by atoms with Crippen molar-refractivity contribution in [3.05, 3.63) is 190 Å². The van der Waals surface area contributed by atoms with Crippen molar-refractivity contribution >= 4 is 22.1 Å². The van der Waals surface area contributed by atoms with Gasteiger partial charge in [-0.2, -0.15) is 54.6 Å². The number of benzene rings is 3. The van der Waals surface area contributed by atoms with Crippen molar-refractivity contribution in [2.45, 2.75) is 13.8 Å². The maximum Gasteiger partial charge on any atom is 0.204 e. The summed E-state index contributed by atoms with van der Waals surface area (Å²) >= 11 is 0. The molecule has 16 rings (SSSR count). The van der Waals surface area contributed by atoms with Crippen LogP contribution in [0.4, 0.5) is 0 Å². The quantitative estimate of drug-likeness (QED) is 0.214. The third-order valence-corrected chi connectivity index (χ3v) is 10.2. The maximum atomic E-state index is 4.12. The van der Waals surface area contributed by atoms with Crippen molar-refractivity contribution < 1.29 is 0 Å². The molecule has 0 fully saturated rings. The molecule has 0 aliphatic carbocycles. The first kappa shape index (κ1) is 73.3. The average Bonchev–Trinajstić information content (AvgIpc) is 1.76. The van der Waals surface area contributed by atoms with Gasteiger partial charge in [0.05, 0.1) is 51.6 Å². The van der Waals surface area contributed by atoms with E-state index in [-0.39, 0.29) is 0 Å². The number of rotatable bonds is 1. The van der Waals surface area contributed by atoms with E-state index in [0.29, 0.717) is 11.6 Å². The van der Waals surface area contributed by atoms with Gasteiger partial charge in [-0.05, 0) is 80.7 Å². The lowest BCUT2D eigenvalue weighted by Gasteiger charge is -1.90. The SMILES string of the molecule is Cc1nnn(C)n1.Cc1nnnn1C.Cn1cccn1.Cn1ccnc1.Cn1ccnn1.Cn1cncn1.Cn1cnnc1.Cn1cnnn1.Cn1nc2ccccc2n1.Cn1nccn1.Cn1ncnn1.Cn1nnc(-c2ccccc2)n1.Cn1nnc2ccccc21. The normalized spacial score (nSPS) is 9.44. The fourth-order valence-electron chi connectivity index (χ4n) is 5.76. The zero-order valence-electron chi connectivity index (χ0n) is 54.5. The molecule has 0 radical (unpaired) electrons. The Bertz CT molecular complexity index is 3790. The van der Waals surface area contributed by atoms with Gasteiger partial charge in [-0.15, -0.1) is 61.2 Å². The fourth-order valence-corrected chi connectivity index (χ4v) is 5.76. The lowest BCUT2D eigenvalue weighted by Crippen LogP contribution is -1.92. The lowest BCUT2D eigenvalue weighted by molar-refractivity contribution is 0.629. The van der Waals surface area contributed by atoms with Gasteiger partial charge in [0.15, 0.2) is 12.2 Å². The van der Waals surface area contributed by atoms with Crippen LogP contribution < -0.4 is 0 Å². The van der Waals surface area contributed by atoms with E-state index in [1.165, 1.54) is 42.8 Å². The number of tetrazole rings is 5. The number of para-hydroxylation sites is 1. The van der Waals surface area contributed by atoms with E-state index in [2.05, 4.69) is 149 Å². The van der Waals surface area contributed by atoms with Gasteiger partial charge in [0, 0.05) is 107 Å². The average molecular weight is 1290 g/mol. The van der Waals surface area contributed by atoms with Crippen molar-refractivity contribution in [3.63, 3.8) is 0 Å². The predicted octanol–water partition coefficient (Wildman–Crippen LogP) is 0.372. The molecule has 0 bridgehead atoms. The third-order valence-electron chi connectivity index (χ3n) is 10.2. The molecule has 0 saturated carbocycles. The number of aryl methyl sites for hydroxylation is 15. The third kappa shape index (κ3) is 32.1. The molecule has 0 unspecified atom stereocenters. The second-order valence-corrected chi connectivity index (χ2v) is 18.1. The Morgan fingerprint density at radius 2 is 0.989 bits per heavy atom. The molecule has 13 aromatic heterocycles. The van der Waals surface area contributed by atoms with Crippen LogP contribution in [0.25, 0.3) is 33.5 Å². The van der Waals surface area contributed by atoms with Gasteiger partial charge < -0.3 is 9.13 Å². The molecular formula is C52H74N42. The Hall–Kier alpha value is -13.2. The summed E-state index contributed by atoms with van der Waals surface area (Å²) in [7, 11) is 23.6. The molecule has 42 heteroatoms. The second kappa shape index (κ2) is 42.6. The molecule has 0 aliphatic heterocycles. The molecule has 42 nitrogen and oxygen atoms in total. The summed E-state index contributed by atoms with van der Waals surface area (Å²) in [6, 6.07) is 27.3. The summed E-state index contributed by atoms with van der Waals surface area (Å²) in [5.74, 6) is 2.21. The molecule has 94 heavy (non-hydrogen) atoms. The topological polar surface area (TPSA) is 438 Å². The van der Waals surface area contributed by atoms with Crippen LogP contribution in [-0.4, -0.2) is 210 Å². The Balaban J connectivity index is 0.000000219. The van der Waals surface area contributed by atoms with Gasteiger partial charge in [-0.3, -0.25) is 14.0 Å². The standard InChI is InChI=1S/C8H8N4.2C7H7N3.2C4H6N2.2C3H6N4.4C3H5N3.2C2H4N4/c1-12-10-8(9-11-12)7-5-3-2-4-6-7;1-10-7-5-3-2-4-6(7)8-9-10;1-10-8-6-4-2-3-5-7(6)9-10;1-6-3-2-5-4-6;1-6-4-2-3-5-6;1-3-4-5-6-7(3)2;1-3-4-6-7(2)5-3;1-6-2-4-5-3-6;1-6-3-4-2-5-6;1-6-3-2-4-5-6;1-6-4-2-3-5-6;1-6-2-3-4-5-6;1-6-4-2-3-5-6/h2-6H,1H3;2*2-5H,1H3;2*2-4H,1H3;2*1-2H3;4*2-3H,1H3;2*2H,1H3. The van der Waals surface area contributed by atoms with Crippen molar-refractivity contribution in [3.8, 4) is 11.4 Å². The van der Waals surface area contributed by atoms with Crippen LogP contribution in [-0.2, 0) is 91.6 Å². The molecule has 0 amide bonds. The summed E-state index contributed by atoms with van der Waals surface area (Å²) in [6.07, 6.45) is 25.1. The molecule has 492 valence electrons. The highest BCUT2D eigenvalue weighted by Crippen LogP contribution is 2.11. The van der Waals surface area contributed by atoms with E-state index in [1.807, 2.05) is 158 Å². The first-order chi connectivity index (χ1) is 45.3. The number of hydrogen-bond donors (Lipinski definition) is 0. The van der Waals surface area contributed by atoms with Crippen LogP contribution in [0, 0.1) is 13.8 Å². The van der Waals surface area contributed by atoms with Crippen molar-refractivity contribution in [2.24, 2.45) is 91.6 Å². The van der Waals surface area contributed by atoms with E-state index in [4.69, 9.17) is 0 Å². The van der Waals surface area contributed by atoms with Crippen LogP contribution >= 0.6 is 0 Å². The van der Waals surface area contributed by atoms with Gasteiger partial charge in [0.25, 0.3) is 0 Å². The van der Waals surface area contributed by atoms with E-state index in [9.17, 15) is 0 Å². The molecule has 0 spiro atoms. The zero-order chi connectivity index (χ0) is 68.1. The lowest BCUT2D eigenvalue weighted by atomic mass is 10.2. The highest BCUT2D eigenvalue weighted by atomic mass is 15.6. The smallest absolute Gasteiger partial charge is 0.204 e. The molecule has 13 heterocycles. The summed E-state index contributed by atoms with van der Waals surface area (Å²) in [5, 5.41) is 99.2. The van der Waals surface area contributed by atoms with Crippen LogP contribution in [0.1, 0.15) is 11.6 Å². The van der Waals surface area contributed by atoms with Gasteiger partial charge in [-0.1, -0.05) is 65.0 Å². The Labute approximate surface area is 537 Å². The van der Waals surface area contributed by atoms with Gasteiger partial charge in [0.2, 0.25) is 5.82 Å². The van der Waals surface area contributed by atoms with Crippen molar-refractivity contribution in [1.29, 1.82) is 0 Å². The predicted molar refractivity (Wildman–Crippen MR) is 336 cm³/mol. The Morgan fingerprint density at radius 3 is 1.30 bits per heavy atom. The number of imidazole rings is 1. The van der Waals surface area contributed by atoms with Crippen LogP contribution in [0.5, 0.6) is 0 Å². The largest absolute Gasteiger partial charge is 0.341 e. The van der Waals surface area contributed by atoms with E-state index < -0.39 is 0 Å². The van der Waals surface area contributed by atoms with E-state index >= 15 is 0 Å². The van der Waals surface area contributed by atoms with Gasteiger partial charge >= 0.3 is 0 Å². The Morgan fingerprint density at radius 1 is 0.319 bits per heavy atom. The van der Waals surface area contributed by atoms with Gasteiger partial charge in [0.1, 0.15) is 54.0 Å². The number of hydrogen-bond acceptors (Lipinski definition) is 29. The van der Waals surface area contributed by atoms with E-state index in [0.717, 1.165) is 33.5 Å². The monoisotopic (exact) mass is 1290 g/mol. The van der Waals surface area contributed by atoms with Crippen LogP contribution in [0.3, 0.4) is 0 Å². The minimum Gasteiger partial charge on any atom is -0.341 e. The molecule has 0 saturated heterocycles. The summed E-state index contributed by atoms with van der Waals surface area (Å²) in [6.45, 7) is 3.65. The van der Waals surface area contributed by atoms with Gasteiger partial charge in [-0.25, -0.2) is 24.0 Å². The number of fused-ring (bicyclic) bond motifs is 2. The summed E-state index contributed by atoms with van der Waals surface area (Å²) in [5.41, 5.74) is 4.91. The van der Waals surface area contributed by atoms with Crippen LogP contribution in [0.15, 0.2) is 179 Å². The molecule has 3 aromatic carbocycles. The fraction of sp³-hybridized carbons (Fsp3) is 0.288. The maximum absolute atomic E-state index is 4.12.